The highest BCUT2D eigenvalue weighted by atomic mass is 32.2. The molecule has 0 bridgehead atoms. The fraction of sp³-hybridized carbons (Fsp3) is 0.464. The van der Waals surface area contributed by atoms with E-state index in [9.17, 15) is 14.4 Å². The molecule has 4 rings (SSSR count). The average Bonchev–Trinajstić information content (AvgIpc) is 3.51. The summed E-state index contributed by atoms with van der Waals surface area (Å²) < 4.78 is 7.23. The number of carbonyl (C=O) groups is 3. The second-order valence-electron chi connectivity index (χ2n) is 9.62. The van der Waals surface area contributed by atoms with Gasteiger partial charge in [0.05, 0.1) is 24.0 Å². The fourth-order valence-corrected chi connectivity index (χ4v) is 6.75. The number of aryl methyl sites for hydroxylation is 1. The van der Waals surface area contributed by atoms with Crippen molar-refractivity contribution in [3.05, 3.63) is 57.7 Å². The van der Waals surface area contributed by atoms with Crippen LogP contribution in [-0.4, -0.2) is 44.9 Å². The highest BCUT2D eigenvalue weighted by molar-refractivity contribution is 7.99. The molecule has 39 heavy (non-hydrogen) atoms. The first-order valence-electron chi connectivity index (χ1n) is 13.4. The number of aromatic nitrogens is 3. The van der Waals surface area contributed by atoms with Crippen molar-refractivity contribution in [2.45, 2.75) is 71.1 Å². The lowest BCUT2D eigenvalue weighted by molar-refractivity contribution is -0.113. The van der Waals surface area contributed by atoms with Gasteiger partial charge < -0.3 is 19.9 Å². The Morgan fingerprint density at radius 1 is 1.10 bits per heavy atom. The quantitative estimate of drug-likeness (QED) is 0.239. The second-order valence-corrected chi connectivity index (χ2v) is 11.7. The summed E-state index contributed by atoms with van der Waals surface area (Å²) >= 11 is 2.75. The first-order valence-corrected chi connectivity index (χ1v) is 15.2. The molecule has 0 unspecified atom stereocenters. The summed E-state index contributed by atoms with van der Waals surface area (Å²) in [5, 5.41) is 16.0. The Kier molecular flexibility index (Phi) is 9.79. The van der Waals surface area contributed by atoms with E-state index in [0.717, 1.165) is 36.1 Å². The molecule has 1 aromatic carbocycles. The number of fused-ring (bicyclic) bond motifs is 1. The number of ether oxygens (including phenoxy) is 1. The zero-order valence-corrected chi connectivity index (χ0v) is 24.4. The Labute approximate surface area is 237 Å². The summed E-state index contributed by atoms with van der Waals surface area (Å²) in [4.78, 5) is 39.7. The summed E-state index contributed by atoms with van der Waals surface area (Å²) in [6, 6.07) is 8.72. The van der Waals surface area contributed by atoms with Crippen LogP contribution in [0.1, 0.15) is 83.6 Å². The highest BCUT2D eigenvalue weighted by Gasteiger charge is 2.28. The van der Waals surface area contributed by atoms with E-state index in [1.807, 2.05) is 43.5 Å². The zero-order valence-electron chi connectivity index (χ0n) is 22.8. The normalized spacial score (nSPS) is 13.6. The van der Waals surface area contributed by atoms with Gasteiger partial charge in [-0.25, -0.2) is 4.79 Å². The van der Waals surface area contributed by atoms with Gasteiger partial charge in [0.25, 0.3) is 5.91 Å². The van der Waals surface area contributed by atoms with Gasteiger partial charge in [-0.2, -0.15) is 0 Å². The van der Waals surface area contributed by atoms with Crippen molar-refractivity contribution < 1.29 is 19.1 Å². The lowest BCUT2D eigenvalue weighted by atomic mass is 9.95. The Morgan fingerprint density at radius 3 is 2.54 bits per heavy atom. The van der Waals surface area contributed by atoms with Crippen LogP contribution >= 0.6 is 23.1 Å². The number of nitrogens with zero attached hydrogens (tertiary/aromatic N) is 3. The first kappa shape index (κ1) is 28.8. The number of amides is 2. The van der Waals surface area contributed by atoms with Gasteiger partial charge in [-0.3, -0.25) is 9.59 Å². The first-order chi connectivity index (χ1) is 18.8. The maximum Gasteiger partial charge on any atom is 0.341 e. The molecular weight excluding hydrogens is 534 g/mol. The molecule has 2 N–H and O–H groups in total. The third-order valence-electron chi connectivity index (χ3n) is 6.57. The number of benzene rings is 1. The van der Waals surface area contributed by atoms with Crippen LogP contribution in [0.25, 0.3) is 0 Å². The van der Waals surface area contributed by atoms with Crippen LogP contribution in [0.15, 0.2) is 35.5 Å². The molecule has 0 saturated heterocycles. The van der Waals surface area contributed by atoms with Crippen LogP contribution in [-0.2, 0) is 28.9 Å². The van der Waals surface area contributed by atoms with E-state index < -0.39 is 0 Å². The van der Waals surface area contributed by atoms with E-state index in [-0.39, 0.29) is 42.1 Å². The van der Waals surface area contributed by atoms with E-state index in [1.54, 1.807) is 19.1 Å². The number of carbonyl (C=O) groups excluding carboxylic acids is 3. The van der Waals surface area contributed by atoms with Gasteiger partial charge in [0.1, 0.15) is 5.00 Å². The molecule has 11 heteroatoms. The number of rotatable bonds is 11. The number of nitrogens with one attached hydrogen (secondary N) is 2. The molecule has 2 aromatic heterocycles. The summed E-state index contributed by atoms with van der Waals surface area (Å²) in [7, 11) is 0. The minimum absolute atomic E-state index is 0.0690. The van der Waals surface area contributed by atoms with Crippen molar-refractivity contribution in [3.63, 3.8) is 0 Å². The lowest BCUT2D eigenvalue weighted by Gasteiger charge is -2.22. The maximum atomic E-state index is 13.0. The average molecular weight is 570 g/mol. The topological polar surface area (TPSA) is 115 Å². The van der Waals surface area contributed by atoms with Crippen LogP contribution in [0, 0.1) is 5.92 Å². The Morgan fingerprint density at radius 2 is 1.85 bits per heavy atom. The SMILES string of the molecule is CCOC(=O)c1c(NC(=O)CSc2nnc([C@H](NC(=O)c3ccccc3)C(C)C)n2CC)sc2c1CCCC2. The van der Waals surface area contributed by atoms with Crippen molar-refractivity contribution in [1.82, 2.24) is 20.1 Å². The minimum atomic E-state index is -0.382. The number of hydrogen-bond donors (Lipinski definition) is 2. The number of hydrogen-bond acceptors (Lipinski definition) is 8. The van der Waals surface area contributed by atoms with E-state index in [1.165, 1.54) is 23.1 Å². The van der Waals surface area contributed by atoms with Crippen molar-refractivity contribution in [2.24, 2.45) is 5.92 Å². The van der Waals surface area contributed by atoms with Gasteiger partial charge in [-0.05, 0) is 63.1 Å². The van der Waals surface area contributed by atoms with E-state index in [0.29, 0.717) is 33.7 Å². The van der Waals surface area contributed by atoms with E-state index in [4.69, 9.17) is 4.74 Å². The zero-order chi connectivity index (χ0) is 27.9. The lowest BCUT2D eigenvalue weighted by Crippen LogP contribution is -2.33. The largest absolute Gasteiger partial charge is 0.462 e. The predicted octanol–water partition coefficient (Wildman–Crippen LogP) is 5.27. The van der Waals surface area contributed by atoms with Crippen LogP contribution < -0.4 is 10.6 Å². The molecule has 0 spiro atoms. The third kappa shape index (κ3) is 6.70. The Hall–Kier alpha value is -3.18. The molecule has 208 valence electrons. The van der Waals surface area contributed by atoms with Gasteiger partial charge in [0.15, 0.2) is 11.0 Å². The summed E-state index contributed by atoms with van der Waals surface area (Å²) in [6.07, 6.45) is 3.84. The van der Waals surface area contributed by atoms with Crippen molar-refractivity contribution >= 4 is 45.9 Å². The standard InChI is InChI=1S/C28H35N5O4S2/c1-5-33-24(23(17(3)4)30-25(35)18-12-8-7-9-13-18)31-32-28(33)38-16-21(34)29-26-22(27(36)37-6-2)19-14-10-11-15-20(19)39-26/h7-9,12-13,17,23H,5-6,10-11,14-16H2,1-4H3,(H,29,34)(H,30,35)/t23-/m1/s1. The number of thiophene rings is 1. The number of anilines is 1. The van der Waals surface area contributed by atoms with Crippen molar-refractivity contribution in [1.29, 1.82) is 0 Å². The minimum Gasteiger partial charge on any atom is -0.462 e. The maximum absolute atomic E-state index is 13.0. The molecule has 1 aliphatic rings. The molecule has 1 aliphatic carbocycles. The van der Waals surface area contributed by atoms with Crippen LogP contribution in [0.3, 0.4) is 0 Å². The molecule has 1 atom stereocenters. The van der Waals surface area contributed by atoms with Gasteiger partial charge in [0.2, 0.25) is 5.91 Å². The summed E-state index contributed by atoms with van der Waals surface area (Å²) in [5.74, 6) is 0.0343. The van der Waals surface area contributed by atoms with Crippen LogP contribution in [0.4, 0.5) is 5.00 Å². The van der Waals surface area contributed by atoms with E-state index >= 15 is 0 Å². The molecule has 0 saturated carbocycles. The van der Waals surface area contributed by atoms with Crippen molar-refractivity contribution in [2.75, 3.05) is 17.7 Å². The van der Waals surface area contributed by atoms with Gasteiger partial charge >= 0.3 is 5.97 Å². The molecule has 0 aliphatic heterocycles. The molecule has 0 radical (unpaired) electrons. The predicted molar refractivity (Wildman–Crippen MR) is 153 cm³/mol. The van der Waals surface area contributed by atoms with Crippen LogP contribution in [0.5, 0.6) is 0 Å². The van der Waals surface area contributed by atoms with Crippen LogP contribution in [0.2, 0.25) is 0 Å². The summed E-state index contributed by atoms with van der Waals surface area (Å²) in [5.41, 5.74) is 2.09. The number of thioether (sulfide) groups is 1. The monoisotopic (exact) mass is 569 g/mol. The molecule has 2 heterocycles. The van der Waals surface area contributed by atoms with E-state index in [2.05, 4.69) is 20.8 Å². The fourth-order valence-electron chi connectivity index (χ4n) is 4.64. The molecule has 3 aromatic rings. The van der Waals surface area contributed by atoms with Crippen molar-refractivity contribution in [3.8, 4) is 0 Å². The molecule has 9 nitrogen and oxygen atoms in total. The second kappa shape index (κ2) is 13.3. The summed E-state index contributed by atoms with van der Waals surface area (Å²) in [6.45, 7) is 8.67. The van der Waals surface area contributed by atoms with Gasteiger partial charge in [0, 0.05) is 17.0 Å². The Bertz CT molecular complexity index is 1320. The highest BCUT2D eigenvalue weighted by Crippen LogP contribution is 2.38. The third-order valence-corrected chi connectivity index (χ3v) is 8.74. The number of esters is 1. The van der Waals surface area contributed by atoms with Gasteiger partial charge in [-0.1, -0.05) is 43.8 Å². The van der Waals surface area contributed by atoms with Gasteiger partial charge in [-0.15, -0.1) is 21.5 Å². The Balaban J connectivity index is 1.47. The molecule has 0 fully saturated rings. The smallest absolute Gasteiger partial charge is 0.341 e. The molecular formula is C28H35N5O4S2. The molecule has 2 amide bonds.